The van der Waals surface area contributed by atoms with Gasteiger partial charge in [0.2, 0.25) is 0 Å². The molecule has 2 aromatic heterocycles. The van der Waals surface area contributed by atoms with Gasteiger partial charge in [0.05, 0.1) is 0 Å². The minimum Gasteiger partial charge on any atom is -0.477 e. The number of fused-ring (bicyclic) bond motifs is 1. The number of hydrogen-bond donors (Lipinski definition) is 1. The van der Waals surface area contributed by atoms with Crippen LogP contribution in [-0.4, -0.2) is 39.5 Å². The maximum Gasteiger partial charge on any atom is 0.342 e. The molecule has 1 N–H and O–H groups in total. The molecule has 7 heteroatoms. The van der Waals surface area contributed by atoms with Gasteiger partial charge in [-0.15, -0.1) is 0 Å². The highest BCUT2D eigenvalue weighted by atomic mass is 79.9. The first-order chi connectivity index (χ1) is 8.90. The number of carbonyl (C=O) groups is 1. The summed E-state index contributed by atoms with van der Waals surface area (Å²) in [6.45, 7) is 0.599. The van der Waals surface area contributed by atoms with Gasteiger partial charge in [-0.2, -0.15) is 0 Å². The fourth-order valence-electron chi connectivity index (χ4n) is 1.82. The van der Waals surface area contributed by atoms with Gasteiger partial charge in [0.25, 0.3) is 5.56 Å². The second-order valence-electron chi connectivity index (χ2n) is 4.40. The number of aromatic nitrogens is 2. The highest BCUT2D eigenvalue weighted by molar-refractivity contribution is 9.10. The molecule has 0 fully saturated rings. The van der Waals surface area contributed by atoms with Gasteiger partial charge < -0.3 is 10.0 Å². The van der Waals surface area contributed by atoms with Crippen LogP contribution in [0.25, 0.3) is 5.65 Å². The molecule has 0 aliphatic heterocycles. The van der Waals surface area contributed by atoms with Gasteiger partial charge in [-0.1, -0.05) is 0 Å². The third kappa shape index (κ3) is 2.66. The van der Waals surface area contributed by atoms with E-state index in [-0.39, 0.29) is 5.56 Å². The van der Waals surface area contributed by atoms with E-state index in [1.54, 1.807) is 0 Å². The SMILES string of the molecule is CN(C)Cc1cc(Br)cn2c(=O)c(C(=O)O)cnc12. The van der Waals surface area contributed by atoms with E-state index in [2.05, 4.69) is 20.9 Å². The molecule has 0 aliphatic rings. The summed E-state index contributed by atoms with van der Waals surface area (Å²) in [5.41, 5.74) is 0.380. The number of aromatic carboxylic acids is 1. The molecule has 2 heterocycles. The molecule has 0 saturated carbocycles. The molecule has 0 saturated heterocycles. The van der Waals surface area contributed by atoms with E-state index >= 15 is 0 Å². The van der Waals surface area contributed by atoms with Crippen molar-refractivity contribution in [3.63, 3.8) is 0 Å². The Hall–Kier alpha value is -1.73. The number of carboxylic acids is 1. The van der Waals surface area contributed by atoms with Crippen LogP contribution in [0, 0.1) is 0 Å². The zero-order valence-corrected chi connectivity index (χ0v) is 12.0. The normalized spacial score (nSPS) is 11.2. The van der Waals surface area contributed by atoms with Crippen LogP contribution < -0.4 is 5.56 Å². The minimum atomic E-state index is -1.28. The second kappa shape index (κ2) is 5.10. The maximum absolute atomic E-state index is 12.1. The van der Waals surface area contributed by atoms with Crippen molar-refractivity contribution in [1.82, 2.24) is 14.3 Å². The van der Waals surface area contributed by atoms with Crippen LogP contribution >= 0.6 is 15.9 Å². The van der Waals surface area contributed by atoms with Crippen molar-refractivity contribution in [2.75, 3.05) is 14.1 Å². The lowest BCUT2D eigenvalue weighted by Gasteiger charge is -2.13. The quantitative estimate of drug-likeness (QED) is 0.918. The van der Waals surface area contributed by atoms with Crippen LogP contribution in [0.2, 0.25) is 0 Å². The molecule has 0 aliphatic carbocycles. The molecule has 2 rings (SSSR count). The number of hydrogen-bond acceptors (Lipinski definition) is 4. The average molecular weight is 326 g/mol. The van der Waals surface area contributed by atoms with Crippen molar-refractivity contribution in [2.24, 2.45) is 0 Å². The summed E-state index contributed by atoms with van der Waals surface area (Å²) in [7, 11) is 3.81. The fraction of sp³-hybridized carbons (Fsp3) is 0.250. The van der Waals surface area contributed by atoms with Gasteiger partial charge in [0.1, 0.15) is 11.2 Å². The summed E-state index contributed by atoms with van der Waals surface area (Å²) in [4.78, 5) is 29.0. The van der Waals surface area contributed by atoms with E-state index in [0.29, 0.717) is 16.7 Å². The molecule has 0 bridgehead atoms. The second-order valence-corrected chi connectivity index (χ2v) is 5.31. The molecule has 6 nitrogen and oxygen atoms in total. The molecule has 2 aromatic rings. The van der Waals surface area contributed by atoms with Crippen LogP contribution in [0.3, 0.4) is 0 Å². The Morgan fingerprint density at radius 1 is 1.53 bits per heavy atom. The number of nitrogens with zero attached hydrogens (tertiary/aromatic N) is 3. The van der Waals surface area contributed by atoms with Crippen molar-refractivity contribution in [1.29, 1.82) is 0 Å². The van der Waals surface area contributed by atoms with Crippen molar-refractivity contribution in [3.05, 3.63) is 44.4 Å². The molecule has 0 spiro atoms. The number of rotatable bonds is 3. The van der Waals surface area contributed by atoms with E-state index in [0.717, 1.165) is 11.8 Å². The first-order valence-electron chi connectivity index (χ1n) is 5.48. The number of halogens is 1. The molecule has 0 aromatic carbocycles. The van der Waals surface area contributed by atoms with Crippen molar-refractivity contribution >= 4 is 27.5 Å². The predicted octanol–water partition coefficient (Wildman–Crippen LogP) is 1.22. The smallest absolute Gasteiger partial charge is 0.342 e. The zero-order chi connectivity index (χ0) is 14.2. The Kier molecular flexibility index (Phi) is 3.68. The van der Waals surface area contributed by atoms with E-state index in [1.165, 1.54) is 10.6 Å². The topological polar surface area (TPSA) is 74.9 Å². The largest absolute Gasteiger partial charge is 0.477 e. The Bertz CT molecular complexity index is 709. The van der Waals surface area contributed by atoms with E-state index in [4.69, 9.17) is 5.11 Å². The number of carboxylic acid groups (broad SMARTS) is 1. The summed E-state index contributed by atoms with van der Waals surface area (Å²) in [5.74, 6) is -1.28. The molecule has 19 heavy (non-hydrogen) atoms. The molecule has 0 radical (unpaired) electrons. The Morgan fingerprint density at radius 3 is 2.79 bits per heavy atom. The first-order valence-corrected chi connectivity index (χ1v) is 6.27. The summed E-state index contributed by atoms with van der Waals surface area (Å²) < 4.78 is 1.95. The predicted molar refractivity (Wildman–Crippen MR) is 73.5 cm³/mol. The van der Waals surface area contributed by atoms with Gasteiger partial charge in [-0.25, -0.2) is 9.78 Å². The van der Waals surface area contributed by atoms with E-state index < -0.39 is 11.5 Å². The average Bonchev–Trinajstić information content (AvgIpc) is 2.29. The van der Waals surface area contributed by atoms with Crippen molar-refractivity contribution in [3.8, 4) is 0 Å². The highest BCUT2D eigenvalue weighted by Gasteiger charge is 2.14. The van der Waals surface area contributed by atoms with Gasteiger partial charge in [-0.3, -0.25) is 9.20 Å². The van der Waals surface area contributed by atoms with Crippen LogP contribution in [-0.2, 0) is 6.54 Å². The van der Waals surface area contributed by atoms with Crippen molar-refractivity contribution in [2.45, 2.75) is 6.54 Å². The van der Waals surface area contributed by atoms with E-state index in [9.17, 15) is 9.59 Å². The molecular weight excluding hydrogens is 314 g/mol. The maximum atomic E-state index is 12.1. The third-order valence-corrected chi connectivity index (χ3v) is 3.00. The van der Waals surface area contributed by atoms with E-state index in [1.807, 2.05) is 25.1 Å². The van der Waals surface area contributed by atoms with Gasteiger partial charge >= 0.3 is 5.97 Å². The summed E-state index contributed by atoms with van der Waals surface area (Å²) in [5, 5.41) is 8.94. The Morgan fingerprint density at radius 2 is 2.21 bits per heavy atom. The Balaban J connectivity index is 2.78. The molecule has 100 valence electrons. The summed E-state index contributed by atoms with van der Waals surface area (Å²) >= 11 is 3.32. The molecule has 0 unspecified atom stereocenters. The lowest BCUT2D eigenvalue weighted by Crippen LogP contribution is -2.24. The Labute approximate surface area is 117 Å². The fourth-order valence-corrected chi connectivity index (χ4v) is 2.30. The zero-order valence-electron chi connectivity index (χ0n) is 10.4. The third-order valence-electron chi connectivity index (χ3n) is 2.56. The lowest BCUT2D eigenvalue weighted by molar-refractivity contribution is 0.0694. The number of pyridine rings is 1. The van der Waals surface area contributed by atoms with Crippen molar-refractivity contribution < 1.29 is 9.90 Å². The lowest BCUT2D eigenvalue weighted by atomic mass is 10.2. The summed E-state index contributed by atoms with van der Waals surface area (Å²) in [6, 6.07) is 1.86. The van der Waals surface area contributed by atoms with Crippen LogP contribution in [0.5, 0.6) is 0 Å². The van der Waals surface area contributed by atoms with Gasteiger partial charge in [0.15, 0.2) is 0 Å². The standard InChI is InChI=1S/C12H12BrN3O3/c1-15(2)5-7-3-8(13)6-16-10(7)14-4-9(11(16)17)12(18)19/h3-4,6H,5H2,1-2H3,(H,18,19). The summed E-state index contributed by atoms with van der Waals surface area (Å²) in [6.07, 6.45) is 2.63. The first kappa shape index (κ1) is 13.7. The highest BCUT2D eigenvalue weighted by Crippen LogP contribution is 2.16. The molecular formula is C12H12BrN3O3. The molecule has 0 atom stereocenters. The van der Waals surface area contributed by atoms with Crippen LogP contribution in [0.4, 0.5) is 0 Å². The van der Waals surface area contributed by atoms with Gasteiger partial charge in [-0.05, 0) is 36.1 Å². The van der Waals surface area contributed by atoms with Crippen LogP contribution in [0.1, 0.15) is 15.9 Å². The van der Waals surface area contributed by atoms with Crippen LogP contribution in [0.15, 0.2) is 27.7 Å². The van der Waals surface area contributed by atoms with Gasteiger partial charge in [0, 0.05) is 29.0 Å². The monoisotopic (exact) mass is 325 g/mol. The minimum absolute atomic E-state index is 0.341. The molecule has 0 amide bonds.